The Bertz CT molecular complexity index is 1680. The summed E-state index contributed by atoms with van der Waals surface area (Å²) in [7, 11) is 0. The normalized spacial score (nSPS) is 17.0. The highest BCUT2D eigenvalue weighted by molar-refractivity contribution is 6.37. The minimum atomic E-state index is -3.64. The zero-order valence-electron chi connectivity index (χ0n) is 23.7. The van der Waals surface area contributed by atoms with Gasteiger partial charge in [-0.05, 0) is 18.0 Å². The van der Waals surface area contributed by atoms with E-state index in [1.165, 1.54) is 6.07 Å². The predicted octanol–water partition coefficient (Wildman–Crippen LogP) is 2.10. The number of ether oxygens (including phenoxy) is 1. The van der Waals surface area contributed by atoms with Crippen LogP contribution in [0.15, 0.2) is 32.5 Å². The van der Waals surface area contributed by atoms with Gasteiger partial charge in [-0.1, -0.05) is 36.9 Å². The zero-order valence-corrected chi connectivity index (χ0v) is 15.2. The SMILES string of the molecule is [2H]c1c(Cl)c(Oc2n[nH]c(=O)c(C([2H])(C([2H])([2H])[2H])C([2H])([2H])[2H])c2[2H])c(Cl)c([2H])c1-n1nc(C#N)c(=O)[nH]c1=O. The summed E-state index contributed by atoms with van der Waals surface area (Å²) in [6.07, 6.45) is 0. The number of aromatic nitrogens is 5. The highest BCUT2D eigenvalue weighted by atomic mass is 35.5. The van der Waals surface area contributed by atoms with Crippen LogP contribution in [0.3, 0.4) is 0 Å². The average molecular weight is 445 g/mol. The third-order valence-corrected chi connectivity index (χ3v) is 3.70. The maximum atomic E-state index is 12.4. The second-order valence-electron chi connectivity index (χ2n) is 5.02. The molecule has 0 aliphatic rings. The van der Waals surface area contributed by atoms with E-state index in [0.717, 1.165) is 0 Å². The predicted molar refractivity (Wildman–Crippen MR) is 104 cm³/mol. The molecule has 0 atom stereocenters. The summed E-state index contributed by atoms with van der Waals surface area (Å²) >= 11 is 12.3. The first-order valence-corrected chi connectivity index (χ1v) is 7.95. The summed E-state index contributed by atoms with van der Waals surface area (Å²) in [5.41, 5.74) is -6.74. The van der Waals surface area contributed by atoms with Crippen LogP contribution in [0.2, 0.25) is 10.0 Å². The fourth-order valence-corrected chi connectivity index (χ4v) is 2.43. The average Bonchev–Trinajstić information content (AvgIpc) is 2.81. The van der Waals surface area contributed by atoms with E-state index in [0.29, 0.717) is 4.68 Å². The minimum absolute atomic E-state index is 0.305. The molecular weight excluding hydrogens is 423 g/mol. The molecule has 0 unspecified atom stereocenters. The summed E-state index contributed by atoms with van der Waals surface area (Å²) in [5.74, 6) is -5.39. The van der Waals surface area contributed by atoms with Crippen LogP contribution in [0.25, 0.3) is 5.69 Å². The molecule has 0 saturated heterocycles. The van der Waals surface area contributed by atoms with Gasteiger partial charge in [-0.2, -0.15) is 9.94 Å². The number of nitrogens with zero attached hydrogens (tertiary/aromatic N) is 4. The summed E-state index contributed by atoms with van der Waals surface area (Å²) in [6.45, 7) is -7.28. The van der Waals surface area contributed by atoms with Crippen LogP contribution in [0.4, 0.5) is 0 Å². The van der Waals surface area contributed by atoms with Gasteiger partial charge in [0.1, 0.15) is 6.07 Å². The molecule has 0 saturated carbocycles. The Morgan fingerprint density at radius 1 is 1.28 bits per heavy atom. The molecule has 0 bridgehead atoms. The molecule has 2 aromatic heterocycles. The van der Waals surface area contributed by atoms with Crippen molar-refractivity contribution in [1.82, 2.24) is 25.0 Å². The number of benzene rings is 1. The summed E-state index contributed by atoms with van der Waals surface area (Å²) in [6, 6.07) is -1.55. The van der Waals surface area contributed by atoms with E-state index in [9.17, 15) is 14.4 Å². The van der Waals surface area contributed by atoms with Crippen molar-refractivity contribution < 1.29 is 18.4 Å². The van der Waals surface area contributed by atoms with Crippen molar-refractivity contribution in [1.29, 1.82) is 5.26 Å². The quantitative estimate of drug-likeness (QED) is 0.625. The Kier molecular flexibility index (Phi) is 2.98. The Morgan fingerprint density at radius 3 is 2.59 bits per heavy atom. The summed E-state index contributed by atoms with van der Waals surface area (Å²) in [5, 5.41) is 16.1. The lowest BCUT2D eigenvalue weighted by atomic mass is 10.1. The molecule has 3 rings (SSSR count). The first-order chi connectivity index (χ1) is 17.8. The molecule has 2 heterocycles. The molecule has 0 spiro atoms. The van der Waals surface area contributed by atoms with Gasteiger partial charge in [0.2, 0.25) is 11.6 Å². The van der Waals surface area contributed by atoms with Crippen LogP contribution >= 0.6 is 23.2 Å². The molecule has 0 radical (unpaired) electrons. The fraction of sp³-hybridized carbons (Fsp3) is 0.176. The van der Waals surface area contributed by atoms with Crippen molar-refractivity contribution in [3.8, 4) is 23.4 Å². The number of aromatic amines is 2. The Hall–Kier alpha value is -3.42. The molecule has 10 nitrogen and oxygen atoms in total. The van der Waals surface area contributed by atoms with Gasteiger partial charge in [-0.3, -0.25) is 14.6 Å². The topological polar surface area (TPSA) is 147 Å². The third kappa shape index (κ3) is 4.06. The van der Waals surface area contributed by atoms with Gasteiger partial charge in [0, 0.05) is 21.2 Å². The second-order valence-corrected chi connectivity index (χ2v) is 5.78. The number of hydrogen-bond acceptors (Lipinski definition) is 7. The van der Waals surface area contributed by atoms with E-state index in [1.54, 1.807) is 10.1 Å². The van der Waals surface area contributed by atoms with Crippen LogP contribution in [0, 0.1) is 11.3 Å². The van der Waals surface area contributed by atoms with Crippen LogP contribution in [0.5, 0.6) is 11.6 Å². The molecule has 3 aromatic rings. The van der Waals surface area contributed by atoms with Gasteiger partial charge in [-0.25, -0.2) is 9.89 Å². The molecule has 0 aliphatic heterocycles. The number of H-pyrrole nitrogens is 2. The van der Waals surface area contributed by atoms with Gasteiger partial charge < -0.3 is 4.74 Å². The molecule has 0 fully saturated rings. The van der Waals surface area contributed by atoms with Crippen molar-refractivity contribution in [3.63, 3.8) is 0 Å². The molecule has 1 aromatic carbocycles. The second kappa shape index (κ2) is 7.90. The highest BCUT2D eigenvalue weighted by Crippen LogP contribution is 2.37. The number of nitrogens with one attached hydrogen (secondary N) is 2. The minimum Gasteiger partial charge on any atom is -0.434 e. The van der Waals surface area contributed by atoms with Gasteiger partial charge in [-0.15, -0.1) is 10.2 Å². The van der Waals surface area contributed by atoms with Crippen molar-refractivity contribution in [2.45, 2.75) is 19.6 Å². The lowest BCUT2D eigenvalue weighted by Crippen LogP contribution is -2.33. The number of nitriles is 1. The van der Waals surface area contributed by atoms with E-state index < -0.39 is 93.2 Å². The molecule has 148 valence electrons. The summed E-state index contributed by atoms with van der Waals surface area (Å²) < 4.78 is 84.1. The third-order valence-electron chi connectivity index (χ3n) is 3.17. The van der Waals surface area contributed by atoms with Gasteiger partial charge in [0.15, 0.2) is 5.75 Å². The standard InChI is InChI=1S/C17H12Cl2N6O4/c1-7(2)9-5-13(22-23-15(9)26)29-14-10(18)3-8(4-11(14)19)25-17(28)21-16(27)12(6-20)24-25/h3-5,7H,1-2H3,(H,23,26)(H,21,27,28)/i1D3,2D3,3D,4D,5D,7D. The fourth-order valence-electron chi connectivity index (χ4n) is 1.94. The number of hydrogen-bond donors (Lipinski definition) is 2. The van der Waals surface area contributed by atoms with Gasteiger partial charge in [0.05, 0.1) is 19.8 Å². The van der Waals surface area contributed by atoms with E-state index >= 15 is 0 Å². The largest absolute Gasteiger partial charge is 0.434 e. The molecule has 12 heteroatoms. The van der Waals surface area contributed by atoms with E-state index in [4.69, 9.17) is 46.9 Å². The molecular formula is C17H12Cl2N6O4. The van der Waals surface area contributed by atoms with Crippen LogP contribution in [-0.4, -0.2) is 25.0 Å². The first-order valence-electron chi connectivity index (χ1n) is 12.2. The van der Waals surface area contributed by atoms with Crippen LogP contribution in [0.1, 0.15) is 44.6 Å². The molecule has 2 N–H and O–H groups in total. The monoisotopic (exact) mass is 444 g/mol. The van der Waals surface area contributed by atoms with Crippen LogP contribution in [-0.2, 0) is 0 Å². The molecule has 29 heavy (non-hydrogen) atoms. The van der Waals surface area contributed by atoms with E-state index in [1.807, 2.05) is 0 Å². The van der Waals surface area contributed by atoms with Crippen molar-refractivity contribution in [2.24, 2.45) is 0 Å². The zero-order chi connectivity index (χ0) is 29.8. The van der Waals surface area contributed by atoms with Gasteiger partial charge >= 0.3 is 5.69 Å². The summed E-state index contributed by atoms with van der Waals surface area (Å²) in [4.78, 5) is 38.1. The van der Waals surface area contributed by atoms with E-state index in [-0.39, 0.29) is 0 Å². The number of rotatable bonds is 4. The Balaban J connectivity index is 2.29. The van der Waals surface area contributed by atoms with Gasteiger partial charge in [0.25, 0.3) is 11.1 Å². The molecule has 0 amide bonds. The first kappa shape index (κ1) is 10.9. The molecule has 0 aliphatic carbocycles. The Morgan fingerprint density at radius 2 is 1.97 bits per heavy atom. The maximum Gasteiger partial charge on any atom is 0.349 e. The van der Waals surface area contributed by atoms with Crippen molar-refractivity contribution >= 4 is 23.2 Å². The smallest absolute Gasteiger partial charge is 0.349 e. The van der Waals surface area contributed by atoms with Crippen molar-refractivity contribution in [3.05, 3.63) is 70.6 Å². The lowest BCUT2D eigenvalue weighted by Gasteiger charge is -2.12. The maximum absolute atomic E-state index is 12.4. The highest BCUT2D eigenvalue weighted by Gasteiger charge is 2.16. The Labute approximate surface area is 186 Å². The van der Waals surface area contributed by atoms with E-state index in [2.05, 4.69) is 10.2 Å². The number of halogens is 2. The lowest BCUT2D eigenvalue weighted by molar-refractivity contribution is 0.452. The van der Waals surface area contributed by atoms with Crippen LogP contribution < -0.4 is 21.5 Å². The van der Waals surface area contributed by atoms with Crippen molar-refractivity contribution in [2.75, 3.05) is 0 Å².